The molecule has 1 amide bonds. The van der Waals surface area contributed by atoms with Crippen molar-refractivity contribution in [3.05, 3.63) is 0 Å². The van der Waals surface area contributed by atoms with Crippen molar-refractivity contribution in [3.8, 4) is 0 Å². The molecule has 4 nitrogen and oxygen atoms in total. The van der Waals surface area contributed by atoms with Crippen LogP contribution in [-0.2, 0) is 4.79 Å². The molecule has 4 N–H and O–H groups in total. The van der Waals surface area contributed by atoms with E-state index in [9.17, 15) is 9.90 Å². The van der Waals surface area contributed by atoms with Gasteiger partial charge in [-0.15, -0.1) is 0 Å². The van der Waals surface area contributed by atoms with Crippen molar-refractivity contribution in [3.63, 3.8) is 0 Å². The van der Waals surface area contributed by atoms with Gasteiger partial charge in [0.05, 0.1) is 6.10 Å². The van der Waals surface area contributed by atoms with Crippen molar-refractivity contribution >= 4 is 5.91 Å². The van der Waals surface area contributed by atoms with Crippen LogP contribution in [0.25, 0.3) is 0 Å². The zero-order chi connectivity index (χ0) is 8.43. The van der Waals surface area contributed by atoms with Gasteiger partial charge in [0.1, 0.15) is 0 Å². The van der Waals surface area contributed by atoms with E-state index in [1.165, 1.54) is 0 Å². The number of aliphatic hydroxyl groups is 2. The van der Waals surface area contributed by atoms with Gasteiger partial charge in [-0.1, -0.05) is 0 Å². The van der Waals surface area contributed by atoms with Crippen LogP contribution in [0.4, 0.5) is 0 Å². The first-order chi connectivity index (χ1) is 5.15. The molecule has 0 aromatic carbocycles. The number of carbonyl (C=O) groups excluding carboxylic acids is 1. The number of primary amides is 1. The average molecular weight is 159 g/mol. The Kier molecular flexibility index (Phi) is 2.46. The maximum atomic E-state index is 10.6. The fourth-order valence-electron chi connectivity index (χ4n) is 1.53. The number of hydrogen-bond donors (Lipinski definition) is 3. The summed E-state index contributed by atoms with van der Waals surface area (Å²) >= 11 is 0. The second kappa shape index (κ2) is 3.19. The first-order valence-electron chi connectivity index (χ1n) is 3.73. The van der Waals surface area contributed by atoms with E-state index in [1.54, 1.807) is 0 Å². The van der Waals surface area contributed by atoms with Crippen LogP contribution in [0, 0.1) is 11.8 Å². The first kappa shape index (κ1) is 8.49. The van der Waals surface area contributed by atoms with Crippen LogP contribution in [0.1, 0.15) is 12.8 Å². The molecule has 0 bridgehead atoms. The Morgan fingerprint density at radius 3 is 2.45 bits per heavy atom. The van der Waals surface area contributed by atoms with E-state index < -0.39 is 6.10 Å². The first-order valence-corrected chi connectivity index (χ1v) is 3.73. The van der Waals surface area contributed by atoms with Gasteiger partial charge in [-0.3, -0.25) is 4.79 Å². The summed E-state index contributed by atoms with van der Waals surface area (Å²) < 4.78 is 0. The lowest BCUT2D eigenvalue weighted by molar-refractivity contribution is -0.121. The molecular formula is C7H13NO3. The lowest BCUT2D eigenvalue weighted by atomic mass is 10.1. The minimum absolute atomic E-state index is 0.0645. The molecule has 0 aliphatic heterocycles. The summed E-state index contributed by atoms with van der Waals surface area (Å²) in [4.78, 5) is 10.6. The van der Waals surface area contributed by atoms with E-state index in [0.29, 0.717) is 12.8 Å². The SMILES string of the molecule is NC(=O)[C@H]1C[C@@H](CO)[C@@H](O)C1. The van der Waals surface area contributed by atoms with Crippen LogP contribution in [-0.4, -0.2) is 28.8 Å². The number of aliphatic hydroxyl groups excluding tert-OH is 2. The summed E-state index contributed by atoms with van der Waals surface area (Å²) in [6.07, 6.45) is 0.366. The van der Waals surface area contributed by atoms with E-state index >= 15 is 0 Å². The largest absolute Gasteiger partial charge is 0.396 e. The Hall–Kier alpha value is -0.610. The van der Waals surface area contributed by atoms with Crippen LogP contribution in [0.5, 0.6) is 0 Å². The zero-order valence-electron chi connectivity index (χ0n) is 6.23. The Labute approximate surface area is 65.0 Å². The maximum absolute atomic E-state index is 10.6. The molecular weight excluding hydrogens is 146 g/mol. The molecule has 1 rings (SSSR count). The number of nitrogens with two attached hydrogens (primary N) is 1. The van der Waals surface area contributed by atoms with Crippen LogP contribution >= 0.6 is 0 Å². The quantitative estimate of drug-likeness (QED) is 0.475. The third kappa shape index (κ3) is 1.70. The van der Waals surface area contributed by atoms with Gasteiger partial charge in [-0.2, -0.15) is 0 Å². The summed E-state index contributed by atoms with van der Waals surface area (Å²) in [5.74, 6) is -0.783. The van der Waals surface area contributed by atoms with E-state index in [1.807, 2.05) is 0 Å². The fourth-order valence-corrected chi connectivity index (χ4v) is 1.53. The lowest BCUT2D eigenvalue weighted by Crippen LogP contribution is -2.21. The van der Waals surface area contributed by atoms with E-state index in [-0.39, 0.29) is 24.3 Å². The second-order valence-corrected chi connectivity index (χ2v) is 3.08. The predicted octanol–water partition coefficient (Wildman–Crippen LogP) is -1.15. The van der Waals surface area contributed by atoms with Gasteiger partial charge in [-0.25, -0.2) is 0 Å². The van der Waals surface area contributed by atoms with E-state index in [0.717, 1.165) is 0 Å². The molecule has 3 atom stereocenters. The van der Waals surface area contributed by atoms with Crippen molar-refractivity contribution in [2.24, 2.45) is 17.6 Å². The van der Waals surface area contributed by atoms with Crippen molar-refractivity contribution in [1.29, 1.82) is 0 Å². The number of carbonyl (C=O) groups is 1. The smallest absolute Gasteiger partial charge is 0.220 e. The van der Waals surface area contributed by atoms with Crippen molar-refractivity contribution in [2.75, 3.05) is 6.61 Å². The van der Waals surface area contributed by atoms with Crippen LogP contribution in [0.15, 0.2) is 0 Å². The summed E-state index contributed by atoms with van der Waals surface area (Å²) in [6.45, 7) is -0.0645. The van der Waals surface area contributed by atoms with Gasteiger partial charge in [-0.05, 0) is 12.8 Å². The standard InChI is InChI=1S/C7H13NO3/c8-7(11)4-1-5(3-9)6(10)2-4/h4-6,9-10H,1-3H2,(H2,8,11)/t4-,5-,6-/m0/s1. The molecule has 4 heteroatoms. The molecule has 64 valence electrons. The molecule has 0 heterocycles. The van der Waals surface area contributed by atoms with Gasteiger partial charge in [0.25, 0.3) is 0 Å². The molecule has 0 aromatic heterocycles. The molecule has 0 spiro atoms. The highest BCUT2D eigenvalue weighted by Crippen LogP contribution is 2.30. The molecule has 1 aliphatic rings. The highest BCUT2D eigenvalue weighted by atomic mass is 16.3. The maximum Gasteiger partial charge on any atom is 0.220 e. The number of rotatable bonds is 2. The van der Waals surface area contributed by atoms with Crippen molar-refractivity contribution in [2.45, 2.75) is 18.9 Å². The molecule has 0 radical (unpaired) electrons. The molecule has 1 saturated carbocycles. The number of amides is 1. The lowest BCUT2D eigenvalue weighted by Gasteiger charge is -2.08. The monoisotopic (exact) mass is 159 g/mol. The zero-order valence-corrected chi connectivity index (χ0v) is 6.23. The Balaban J connectivity index is 2.49. The molecule has 1 fully saturated rings. The Morgan fingerprint density at radius 2 is 2.18 bits per heavy atom. The van der Waals surface area contributed by atoms with Gasteiger partial charge < -0.3 is 15.9 Å². The summed E-state index contributed by atoms with van der Waals surface area (Å²) in [6, 6.07) is 0. The minimum Gasteiger partial charge on any atom is -0.396 e. The number of hydrogen-bond acceptors (Lipinski definition) is 3. The Bertz CT molecular complexity index is 160. The molecule has 0 unspecified atom stereocenters. The second-order valence-electron chi connectivity index (χ2n) is 3.08. The summed E-state index contributed by atoms with van der Waals surface area (Å²) in [7, 11) is 0. The average Bonchev–Trinajstić information content (AvgIpc) is 2.31. The van der Waals surface area contributed by atoms with Crippen LogP contribution in [0.2, 0.25) is 0 Å². The molecule has 1 aliphatic carbocycles. The molecule has 11 heavy (non-hydrogen) atoms. The van der Waals surface area contributed by atoms with Crippen molar-refractivity contribution in [1.82, 2.24) is 0 Å². The van der Waals surface area contributed by atoms with Gasteiger partial charge in [0, 0.05) is 18.4 Å². The highest BCUT2D eigenvalue weighted by Gasteiger charge is 2.35. The van der Waals surface area contributed by atoms with Crippen LogP contribution < -0.4 is 5.73 Å². The summed E-state index contributed by atoms with van der Waals surface area (Å²) in [5, 5.41) is 18.0. The molecule has 0 aromatic rings. The van der Waals surface area contributed by atoms with Gasteiger partial charge >= 0.3 is 0 Å². The normalized spacial score (nSPS) is 37.5. The van der Waals surface area contributed by atoms with Crippen LogP contribution in [0.3, 0.4) is 0 Å². The third-order valence-corrected chi connectivity index (χ3v) is 2.29. The van der Waals surface area contributed by atoms with E-state index in [4.69, 9.17) is 10.8 Å². The fraction of sp³-hybridized carbons (Fsp3) is 0.857. The van der Waals surface area contributed by atoms with E-state index in [2.05, 4.69) is 0 Å². The van der Waals surface area contributed by atoms with Gasteiger partial charge in [0.15, 0.2) is 0 Å². The third-order valence-electron chi connectivity index (χ3n) is 2.29. The molecule has 0 saturated heterocycles. The minimum atomic E-state index is -0.558. The highest BCUT2D eigenvalue weighted by molar-refractivity contribution is 5.77. The predicted molar refractivity (Wildman–Crippen MR) is 38.5 cm³/mol. The van der Waals surface area contributed by atoms with Crippen molar-refractivity contribution < 1.29 is 15.0 Å². The summed E-state index contributed by atoms with van der Waals surface area (Å²) in [5.41, 5.74) is 5.05. The Morgan fingerprint density at radius 1 is 1.55 bits per heavy atom. The topological polar surface area (TPSA) is 83.6 Å². The van der Waals surface area contributed by atoms with Gasteiger partial charge in [0.2, 0.25) is 5.91 Å².